The Balaban J connectivity index is 1.91. The maximum absolute atomic E-state index is 5.39. The molecule has 0 aromatic heterocycles. The zero-order valence-electron chi connectivity index (χ0n) is 8.39. The highest BCUT2D eigenvalue weighted by Gasteiger charge is 2.14. The quantitative estimate of drug-likeness (QED) is 0.551. The lowest BCUT2D eigenvalue weighted by Crippen LogP contribution is -2.38. The molecule has 1 aromatic carbocycles. The lowest BCUT2D eigenvalue weighted by Gasteiger charge is -2.28. The van der Waals surface area contributed by atoms with Gasteiger partial charge in [-0.05, 0) is 12.1 Å². The molecule has 1 fully saturated rings. The van der Waals surface area contributed by atoms with Gasteiger partial charge in [-0.1, -0.05) is 42.2 Å². The van der Waals surface area contributed by atoms with E-state index >= 15 is 0 Å². The number of hydrogen-bond acceptors (Lipinski definition) is 3. The summed E-state index contributed by atoms with van der Waals surface area (Å²) in [5, 5.41) is 0. The molecule has 2 nitrogen and oxygen atoms in total. The number of benzene rings is 1. The first-order valence-electron chi connectivity index (χ1n) is 4.96. The van der Waals surface area contributed by atoms with Crippen molar-refractivity contribution in [1.82, 2.24) is 4.90 Å². The van der Waals surface area contributed by atoms with Gasteiger partial charge in [-0.25, -0.2) is 0 Å². The molecule has 2 rings (SSSR count). The van der Waals surface area contributed by atoms with Crippen LogP contribution in [0.5, 0.6) is 0 Å². The molecule has 0 spiro atoms. The lowest BCUT2D eigenvalue weighted by molar-refractivity contribution is 0.0702. The molecule has 4 heteroatoms. The number of nitrogens with zero attached hydrogens (tertiary/aromatic N) is 1. The van der Waals surface area contributed by atoms with Gasteiger partial charge in [0.2, 0.25) is 0 Å². The maximum Gasteiger partial charge on any atom is 0.141 e. The molecule has 1 aliphatic heterocycles. The molecule has 0 radical (unpaired) electrons. The Morgan fingerprint density at radius 2 is 1.87 bits per heavy atom. The highest BCUT2D eigenvalue weighted by molar-refractivity contribution is 8.22. The molecule has 1 aliphatic rings. The zero-order chi connectivity index (χ0) is 10.5. The molecule has 0 unspecified atom stereocenters. The van der Waals surface area contributed by atoms with Gasteiger partial charge in [-0.15, -0.1) is 0 Å². The predicted octanol–water partition coefficient (Wildman–Crippen LogP) is 2.40. The second kappa shape index (κ2) is 5.49. The van der Waals surface area contributed by atoms with Crippen molar-refractivity contribution in [2.45, 2.75) is 4.90 Å². The number of thiocarbonyl (C=S) groups is 1. The van der Waals surface area contributed by atoms with Crippen molar-refractivity contribution in [3.05, 3.63) is 30.3 Å². The van der Waals surface area contributed by atoms with E-state index in [4.69, 9.17) is 17.0 Å². The van der Waals surface area contributed by atoms with E-state index in [2.05, 4.69) is 17.0 Å². The lowest BCUT2D eigenvalue weighted by atomic mass is 10.4. The molecular formula is C11H13NOS2. The fourth-order valence-corrected chi connectivity index (χ4v) is 2.68. The molecule has 0 saturated carbocycles. The summed E-state index contributed by atoms with van der Waals surface area (Å²) in [5.74, 6) is 0. The van der Waals surface area contributed by atoms with Crippen LogP contribution in [0.2, 0.25) is 0 Å². The van der Waals surface area contributed by atoms with Crippen molar-refractivity contribution in [2.24, 2.45) is 0 Å². The van der Waals surface area contributed by atoms with Gasteiger partial charge < -0.3 is 9.64 Å². The van der Waals surface area contributed by atoms with Crippen LogP contribution in [0.4, 0.5) is 0 Å². The minimum absolute atomic E-state index is 0.787. The Morgan fingerprint density at radius 1 is 1.20 bits per heavy atom. The maximum atomic E-state index is 5.39. The third-order valence-corrected chi connectivity index (χ3v) is 3.67. The molecule has 1 heterocycles. The first-order chi connectivity index (χ1) is 7.36. The minimum Gasteiger partial charge on any atom is -0.378 e. The second-order valence-electron chi connectivity index (χ2n) is 3.28. The molecule has 0 amide bonds. The Hall–Kier alpha value is -0.580. The molecule has 0 bridgehead atoms. The Morgan fingerprint density at radius 3 is 2.53 bits per heavy atom. The average molecular weight is 239 g/mol. The average Bonchev–Trinajstić information content (AvgIpc) is 2.31. The Labute approximate surface area is 99.6 Å². The topological polar surface area (TPSA) is 12.5 Å². The van der Waals surface area contributed by atoms with Gasteiger partial charge in [0.05, 0.1) is 13.2 Å². The van der Waals surface area contributed by atoms with Gasteiger partial charge in [-0.3, -0.25) is 0 Å². The van der Waals surface area contributed by atoms with E-state index in [0.29, 0.717) is 0 Å². The van der Waals surface area contributed by atoms with Crippen LogP contribution < -0.4 is 0 Å². The molecule has 80 valence electrons. The molecule has 0 atom stereocenters. The van der Waals surface area contributed by atoms with E-state index in [1.165, 1.54) is 4.90 Å². The summed E-state index contributed by atoms with van der Waals surface area (Å²) in [6.45, 7) is 3.41. The normalized spacial score (nSPS) is 16.4. The van der Waals surface area contributed by atoms with E-state index in [0.717, 1.165) is 30.6 Å². The summed E-state index contributed by atoms with van der Waals surface area (Å²) in [5.41, 5.74) is 0. The number of morpholine rings is 1. The van der Waals surface area contributed by atoms with Gasteiger partial charge in [0.1, 0.15) is 4.32 Å². The number of hydrogen-bond donors (Lipinski definition) is 0. The molecule has 0 N–H and O–H groups in total. The van der Waals surface area contributed by atoms with Gasteiger partial charge in [-0.2, -0.15) is 0 Å². The smallest absolute Gasteiger partial charge is 0.141 e. The minimum atomic E-state index is 0.787. The molecule has 0 aliphatic carbocycles. The Kier molecular flexibility index (Phi) is 4.00. The van der Waals surface area contributed by atoms with Crippen LogP contribution in [-0.2, 0) is 4.74 Å². The molecule has 1 aromatic rings. The van der Waals surface area contributed by atoms with Crippen molar-refractivity contribution in [2.75, 3.05) is 26.3 Å². The van der Waals surface area contributed by atoms with Crippen LogP contribution in [-0.4, -0.2) is 35.5 Å². The third-order valence-electron chi connectivity index (χ3n) is 2.22. The number of rotatable bonds is 1. The van der Waals surface area contributed by atoms with E-state index < -0.39 is 0 Å². The zero-order valence-corrected chi connectivity index (χ0v) is 10.0. The monoisotopic (exact) mass is 239 g/mol. The summed E-state index contributed by atoms with van der Waals surface area (Å²) < 4.78 is 6.24. The van der Waals surface area contributed by atoms with Crippen LogP contribution in [0.25, 0.3) is 0 Å². The van der Waals surface area contributed by atoms with Gasteiger partial charge >= 0.3 is 0 Å². The largest absolute Gasteiger partial charge is 0.378 e. The predicted molar refractivity (Wildman–Crippen MR) is 67.3 cm³/mol. The van der Waals surface area contributed by atoms with E-state index in [9.17, 15) is 0 Å². The molecule has 15 heavy (non-hydrogen) atoms. The van der Waals surface area contributed by atoms with Crippen LogP contribution >= 0.6 is 24.0 Å². The van der Waals surface area contributed by atoms with Crippen LogP contribution in [0.15, 0.2) is 35.2 Å². The summed E-state index contributed by atoms with van der Waals surface area (Å²) in [7, 11) is 0. The van der Waals surface area contributed by atoms with Gasteiger partial charge in [0.15, 0.2) is 0 Å². The van der Waals surface area contributed by atoms with E-state index in [1.54, 1.807) is 11.8 Å². The van der Waals surface area contributed by atoms with E-state index in [-0.39, 0.29) is 0 Å². The number of thioether (sulfide) groups is 1. The van der Waals surface area contributed by atoms with Crippen LogP contribution in [0.3, 0.4) is 0 Å². The van der Waals surface area contributed by atoms with Crippen LogP contribution in [0.1, 0.15) is 0 Å². The first-order valence-corrected chi connectivity index (χ1v) is 6.18. The number of ether oxygens (including phenoxy) is 1. The summed E-state index contributed by atoms with van der Waals surface area (Å²) in [6.07, 6.45) is 0. The summed E-state index contributed by atoms with van der Waals surface area (Å²) in [4.78, 5) is 3.41. The van der Waals surface area contributed by atoms with Crippen LogP contribution in [0, 0.1) is 0 Å². The third kappa shape index (κ3) is 3.19. The van der Waals surface area contributed by atoms with Gasteiger partial charge in [0, 0.05) is 18.0 Å². The highest BCUT2D eigenvalue weighted by Crippen LogP contribution is 2.21. The summed E-state index contributed by atoms with van der Waals surface area (Å²) >= 11 is 7.04. The van der Waals surface area contributed by atoms with Crippen molar-refractivity contribution in [3.8, 4) is 0 Å². The van der Waals surface area contributed by atoms with Crippen molar-refractivity contribution in [3.63, 3.8) is 0 Å². The van der Waals surface area contributed by atoms with Crippen molar-refractivity contribution >= 4 is 28.3 Å². The fraction of sp³-hybridized carbons (Fsp3) is 0.364. The Bertz CT molecular complexity index is 323. The summed E-state index contributed by atoms with van der Waals surface area (Å²) in [6, 6.07) is 10.2. The highest BCUT2D eigenvalue weighted by atomic mass is 32.2. The molecule has 1 saturated heterocycles. The van der Waals surface area contributed by atoms with Crippen molar-refractivity contribution < 1.29 is 4.74 Å². The molecular weight excluding hydrogens is 226 g/mol. The second-order valence-corrected chi connectivity index (χ2v) is 4.99. The first kappa shape index (κ1) is 10.9. The SMILES string of the molecule is S=C(Sc1ccccc1)N1CCOCC1. The van der Waals surface area contributed by atoms with E-state index in [1.807, 2.05) is 18.2 Å². The fourth-order valence-electron chi connectivity index (χ4n) is 1.40. The standard InChI is InChI=1S/C11H13NOS2/c14-11(12-6-8-13-9-7-12)15-10-4-2-1-3-5-10/h1-5H,6-9H2. The van der Waals surface area contributed by atoms with Crippen molar-refractivity contribution in [1.29, 1.82) is 0 Å². The van der Waals surface area contributed by atoms with Gasteiger partial charge in [0.25, 0.3) is 0 Å².